The smallest absolute Gasteiger partial charge is 0.312 e. The second kappa shape index (κ2) is 29.2. The van der Waals surface area contributed by atoms with E-state index in [9.17, 15) is 4.79 Å². The van der Waals surface area contributed by atoms with Gasteiger partial charge in [0.05, 0.1) is 0 Å². The van der Waals surface area contributed by atoms with E-state index in [1.807, 2.05) is 0 Å². The quantitative estimate of drug-likeness (QED) is 0.408. The molecule has 0 spiro atoms. The summed E-state index contributed by atoms with van der Waals surface area (Å²) in [4.78, 5) is 10.0. The molecule has 0 aromatic carbocycles. The zero-order valence-corrected chi connectivity index (χ0v) is 12.4. The number of rotatable bonds is 4. The summed E-state index contributed by atoms with van der Waals surface area (Å²) < 4.78 is 0. The summed E-state index contributed by atoms with van der Waals surface area (Å²) in [7, 11) is 2.00. The molecule has 0 rings (SSSR count). The maximum atomic E-state index is 10.0. The van der Waals surface area contributed by atoms with Crippen LogP contribution in [0.2, 0.25) is 0 Å². The SMILES string of the molecule is CO.CO.NC(=O)NCCCCO.[La]. The molecule has 85 valence electrons. The second-order valence-electron chi connectivity index (χ2n) is 1.72. The van der Waals surface area contributed by atoms with Crippen LogP contribution in [0.1, 0.15) is 12.8 Å². The van der Waals surface area contributed by atoms with E-state index in [-0.39, 0.29) is 42.2 Å². The van der Waals surface area contributed by atoms with Crippen LogP contribution in [0.4, 0.5) is 4.79 Å². The summed E-state index contributed by atoms with van der Waals surface area (Å²) in [6.07, 6.45) is 1.49. The number of urea groups is 1. The Hall–Kier alpha value is 0.345. The van der Waals surface area contributed by atoms with Gasteiger partial charge in [0.25, 0.3) is 0 Å². The number of carbonyl (C=O) groups is 1. The Morgan fingerprint density at radius 1 is 1.21 bits per heavy atom. The molecule has 0 heterocycles. The molecular formula is C7H20LaN2O4. The van der Waals surface area contributed by atoms with Gasteiger partial charge in [-0.25, -0.2) is 4.79 Å². The molecule has 6 N–H and O–H groups in total. The molecule has 0 aliphatic heterocycles. The van der Waals surface area contributed by atoms with E-state index < -0.39 is 6.03 Å². The number of amides is 2. The van der Waals surface area contributed by atoms with Crippen molar-refractivity contribution in [3.8, 4) is 0 Å². The Labute approximate surface area is 112 Å². The third-order valence-corrected chi connectivity index (χ3v) is 0.884. The fourth-order valence-electron chi connectivity index (χ4n) is 0.448. The van der Waals surface area contributed by atoms with Crippen molar-refractivity contribution in [1.82, 2.24) is 5.32 Å². The number of nitrogens with one attached hydrogen (secondary N) is 1. The topological polar surface area (TPSA) is 116 Å². The molecule has 0 aliphatic carbocycles. The van der Waals surface area contributed by atoms with E-state index in [0.29, 0.717) is 13.0 Å². The largest absolute Gasteiger partial charge is 0.400 e. The summed E-state index contributed by atoms with van der Waals surface area (Å²) >= 11 is 0. The number of primary amides is 1. The second-order valence-corrected chi connectivity index (χ2v) is 1.72. The van der Waals surface area contributed by atoms with E-state index >= 15 is 0 Å². The molecule has 0 unspecified atom stereocenters. The molecular weight excluding hydrogens is 315 g/mol. The Balaban J connectivity index is -0.0000000883. The van der Waals surface area contributed by atoms with Crippen LogP contribution in [-0.2, 0) is 0 Å². The Kier molecular flexibility index (Phi) is 49.8. The molecule has 0 atom stereocenters. The van der Waals surface area contributed by atoms with Crippen molar-refractivity contribution in [1.29, 1.82) is 0 Å². The number of aliphatic hydroxyl groups excluding tert-OH is 3. The van der Waals surface area contributed by atoms with Crippen LogP contribution in [0.3, 0.4) is 0 Å². The number of carbonyl (C=O) groups excluding carboxylic acids is 1. The van der Waals surface area contributed by atoms with Gasteiger partial charge >= 0.3 is 6.03 Å². The van der Waals surface area contributed by atoms with Crippen LogP contribution in [0.25, 0.3) is 0 Å². The summed E-state index contributed by atoms with van der Waals surface area (Å²) in [5.41, 5.74) is 4.76. The van der Waals surface area contributed by atoms with Gasteiger partial charge in [-0.2, -0.15) is 0 Å². The Morgan fingerprint density at radius 2 is 1.64 bits per heavy atom. The van der Waals surface area contributed by atoms with Crippen LogP contribution in [0, 0.1) is 35.6 Å². The van der Waals surface area contributed by atoms with Gasteiger partial charge in [0.2, 0.25) is 0 Å². The van der Waals surface area contributed by atoms with Crippen molar-refractivity contribution < 1.29 is 55.7 Å². The minimum absolute atomic E-state index is 0. The standard InChI is InChI=1S/C5H12N2O2.2CH4O.La/c6-5(9)7-3-1-2-4-8;2*1-2;/h8H,1-4H2,(H3,6,7,9);2*2H,1H3;. The number of hydrogen-bond donors (Lipinski definition) is 5. The van der Waals surface area contributed by atoms with E-state index in [2.05, 4.69) is 5.32 Å². The molecule has 0 bridgehead atoms. The van der Waals surface area contributed by atoms with Gasteiger partial charge in [0.1, 0.15) is 0 Å². The zero-order chi connectivity index (χ0) is 11.1. The Morgan fingerprint density at radius 3 is 1.93 bits per heavy atom. The first kappa shape index (κ1) is 23.9. The fourth-order valence-corrected chi connectivity index (χ4v) is 0.448. The molecule has 6 nitrogen and oxygen atoms in total. The van der Waals surface area contributed by atoms with E-state index in [4.69, 9.17) is 21.1 Å². The van der Waals surface area contributed by atoms with Gasteiger partial charge in [-0.3, -0.25) is 0 Å². The normalized spacial score (nSPS) is 6.64. The number of nitrogens with two attached hydrogens (primary N) is 1. The van der Waals surface area contributed by atoms with Crippen molar-refractivity contribution in [2.45, 2.75) is 12.8 Å². The molecule has 0 aromatic heterocycles. The van der Waals surface area contributed by atoms with Crippen molar-refractivity contribution >= 4 is 6.03 Å². The minimum atomic E-state index is -0.507. The summed E-state index contributed by atoms with van der Waals surface area (Å²) in [5, 5.41) is 24.7. The predicted molar refractivity (Wildman–Crippen MR) is 50.2 cm³/mol. The monoisotopic (exact) mass is 335 g/mol. The van der Waals surface area contributed by atoms with E-state index in [1.54, 1.807) is 0 Å². The Bertz CT molecular complexity index is 95.8. The van der Waals surface area contributed by atoms with Crippen LogP contribution < -0.4 is 11.1 Å². The molecule has 0 aromatic rings. The van der Waals surface area contributed by atoms with Gasteiger partial charge in [0, 0.05) is 63.0 Å². The van der Waals surface area contributed by atoms with E-state index in [1.165, 1.54) is 0 Å². The molecule has 1 radical (unpaired) electrons. The van der Waals surface area contributed by atoms with Gasteiger partial charge in [-0.1, -0.05) is 0 Å². The fraction of sp³-hybridized carbons (Fsp3) is 0.857. The first-order valence-corrected chi connectivity index (χ1v) is 3.81. The third kappa shape index (κ3) is 39.5. The van der Waals surface area contributed by atoms with Gasteiger partial charge in [-0.15, -0.1) is 0 Å². The molecule has 2 amide bonds. The number of unbranched alkanes of at least 4 members (excludes halogenated alkanes) is 1. The molecule has 0 aliphatic rings. The summed E-state index contributed by atoms with van der Waals surface area (Å²) in [5.74, 6) is 0. The van der Waals surface area contributed by atoms with Gasteiger partial charge in [-0.05, 0) is 12.8 Å². The van der Waals surface area contributed by atoms with Crippen LogP contribution in [-0.4, -0.2) is 48.7 Å². The molecule has 0 fully saturated rings. The maximum absolute atomic E-state index is 10.0. The first-order chi connectivity index (χ1) is 6.27. The van der Waals surface area contributed by atoms with Crippen molar-refractivity contribution in [2.75, 3.05) is 27.4 Å². The van der Waals surface area contributed by atoms with Crippen molar-refractivity contribution in [2.24, 2.45) is 5.73 Å². The molecule has 7 heteroatoms. The molecule has 0 saturated carbocycles. The van der Waals surface area contributed by atoms with E-state index in [0.717, 1.165) is 20.6 Å². The minimum Gasteiger partial charge on any atom is -0.400 e. The third-order valence-electron chi connectivity index (χ3n) is 0.884. The molecule has 0 saturated heterocycles. The summed E-state index contributed by atoms with van der Waals surface area (Å²) in [6.45, 7) is 0.719. The number of aliphatic hydroxyl groups is 3. The van der Waals surface area contributed by atoms with Crippen molar-refractivity contribution in [3.05, 3.63) is 0 Å². The van der Waals surface area contributed by atoms with Gasteiger partial charge in [0.15, 0.2) is 0 Å². The average Bonchev–Trinajstić information content (AvgIpc) is 2.19. The maximum Gasteiger partial charge on any atom is 0.312 e. The zero-order valence-electron chi connectivity index (χ0n) is 8.73. The molecule has 14 heavy (non-hydrogen) atoms. The van der Waals surface area contributed by atoms with Gasteiger partial charge < -0.3 is 26.4 Å². The average molecular weight is 335 g/mol. The summed E-state index contributed by atoms with van der Waals surface area (Å²) in [6, 6.07) is -0.507. The van der Waals surface area contributed by atoms with Crippen LogP contribution in [0.15, 0.2) is 0 Å². The predicted octanol–water partition coefficient (Wildman–Crippen LogP) is -1.36. The number of hydrogen-bond acceptors (Lipinski definition) is 4. The first-order valence-electron chi connectivity index (χ1n) is 3.81. The van der Waals surface area contributed by atoms with Crippen molar-refractivity contribution in [3.63, 3.8) is 0 Å². The van der Waals surface area contributed by atoms with Crippen LogP contribution >= 0.6 is 0 Å². The van der Waals surface area contributed by atoms with Crippen LogP contribution in [0.5, 0.6) is 0 Å².